The van der Waals surface area contributed by atoms with Crippen LogP contribution >= 0.6 is 11.8 Å². The molecule has 1 aromatic rings. The summed E-state index contributed by atoms with van der Waals surface area (Å²) in [6, 6.07) is 5.62. The van der Waals surface area contributed by atoms with Crippen LogP contribution in [0.15, 0.2) is 18.2 Å². The Morgan fingerprint density at radius 2 is 2.09 bits per heavy atom. The van der Waals surface area contributed by atoms with Gasteiger partial charge in [0.05, 0.1) is 12.6 Å². The summed E-state index contributed by atoms with van der Waals surface area (Å²) in [7, 11) is 0. The summed E-state index contributed by atoms with van der Waals surface area (Å²) in [5.74, 6) is 2.25. The van der Waals surface area contributed by atoms with Crippen LogP contribution in [0, 0.1) is 12.8 Å². The molecule has 0 heterocycles. The second kappa shape index (κ2) is 10.6. The van der Waals surface area contributed by atoms with Crippen LogP contribution in [-0.2, 0) is 11.3 Å². The maximum atomic E-state index is 12.0. The quantitative estimate of drug-likeness (QED) is 0.688. The number of ether oxygens (including phenoxy) is 1. The number of carbonyl (C=O) groups excluding carboxylic acids is 1. The van der Waals surface area contributed by atoms with Crippen LogP contribution in [0.25, 0.3) is 0 Å². The van der Waals surface area contributed by atoms with Crippen LogP contribution in [0.5, 0.6) is 5.75 Å². The Labute approximate surface area is 144 Å². The Kier molecular flexibility index (Phi) is 9.10. The number of aryl methyl sites for hydroxylation is 1. The largest absolute Gasteiger partial charge is 0.493 e. The van der Waals surface area contributed by atoms with Crippen molar-refractivity contribution in [3.8, 4) is 5.75 Å². The summed E-state index contributed by atoms with van der Waals surface area (Å²) in [5.41, 5.74) is 8.03. The van der Waals surface area contributed by atoms with E-state index in [2.05, 4.69) is 19.2 Å². The number of thioether (sulfide) groups is 1. The molecular formula is C18H30N2O2S. The Morgan fingerprint density at radius 3 is 2.74 bits per heavy atom. The molecule has 4 nitrogen and oxygen atoms in total. The molecule has 0 fully saturated rings. The summed E-state index contributed by atoms with van der Waals surface area (Å²) in [6.07, 6.45) is 3.72. The fraction of sp³-hybridized carbons (Fsp3) is 0.611. The first-order valence-corrected chi connectivity index (χ1v) is 9.58. The first-order valence-electron chi connectivity index (χ1n) is 8.18. The Balaban J connectivity index is 2.59. The minimum atomic E-state index is -0.446. The number of benzene rings is 1. The molecule has 0 saturated heterocycles. The SMILES string of the molecule is CSCC[C@H](N)C(=O)NCc1ccc(C)cc1OCCC(C)C. The second-order valence-electron chi connectivity index (χ2n) is 6.25. The number of hydrogen-bond donors (Lipinski definition) is 2. The fourth-order valence-electron chi connectivity index (χ4n) is 2.04. The predicted molar refractivity (Wildman–Crippen MR) is 99.0 cm³/mol. The van der Waals surface area contributed by atoms with Gasteiger partial charge in [0.2, 0.25) is 5.91 Å². The molecule has 3 N–H and O–H groups in total. The Morgan fingerprint density at radius 1 is 1.35 bits per heavy atom. The minimum Gasteiger partial charge on any atom is -0.493 e. The lowest BCUT2D eigenvalue weighted by Crippen LogP contribution is -2.40. The third kappa shape index (κ3) is 7.75. The highest BCUT2D eigenvalue weighted by molar-refractivity contribution is 7.98. The zero-order valence-electron chi connectivity index (χ0n) is 14.7. The van der Waals surface area contributed by atoms with Crippen molar-refractivity contribution in [1.82, 2.24) is 5.32 Å². The van der Waals surface area contributed by atoms with Gasteiger partial charge in [0.25, 0.3) is 0 Å². The highest BCUT2D eigenvalue weighted by atomic mass is 32.2. The normalized spacial score (nSPS) is 12.3. The van der Waals surface area contributed by atoms with Crippen LogP contribution in [0.4, 0.5) is 0 Å². The molecule has 5 heteroatoms. The molecule has 130 valence electrons. The van der Waals surface area contributed by atoms with Gasteiger partial charge in [0.15, 0.2) is 0 Å². The van der Waals surface area contributed by atoms with Gasteiger partial charge in [0, 0.05) is 12.1 Å². The monoisotopic (exact) mass is 338 g/mol. The minimum absolute atomic E-state index is 0.104. The molecule has 1 rings (SSSR count). The summed E-state index contributed by atoms with van der Waals surface area (Å²) in [5, 5.41) is 2.91. The standard InChI is InChI=1S/C18H30N2O2S/c1-13(2)7-9-22-17-11-14(3)5-6-15(17)12-20-18(21)16(19)8-10-23-4/h5-6,11,13,16H,7-10,12,19H2,1-4H3,(H,20,21)/t16-/m0/s1. The van der Waals surface area contributed by atoms with Gasteiger partial charge < -0.3 is 15.8 Å². The molecule has 0 aromatic heterocycles. The second-order valence-corrected chi connectivity index (χ2v) is 7.23. The van der Waals surface area contributed by atoms with Crippen molar-refractivity contribution in [2.75, 3.05) is 18.6 Å². The number of nitrogens with one attached hydrogen (secondary N) is 1. The first-order chi connectivity index (χ1) is 10.9. The summed E-state index contributed by atoms with van der Waals surface area (Å²) in [4.78, 5) is 12.0. The molecule has 23 heavy (non-hydrogen) atoms. The van der Waals surface area contributed by atoms with E-state index in [1.807, 2.05) is 31.4 Å². The molecule has 0 saturated carbocycles. The number of rotatable bonds is 10. The topological polar surface area (TPSA) is 64.4 Å². The molecule has 1 amide bonds. The average Bonchev–Trinajstić information content (AvgIpc) is 2.51. The third-order valence-electron chi connectivity index (χ3n) is 3.60. The van der Waals surface area contributed by atoms with E-state index in [1.54, 1.807) is 11.8 Å². The third-order valence-corrected chi connectivity index (χ3v) is 4.24. The molecule has 0 aliphatic carbocycles. The molecule has 0 bridgehead atoms. The number of hydrogen-bond acceptors (Lipinski definition) is 4. The molecule has 0 spiro atoms. The maximum Gasteiger partial charge on any atom is 0.237 e. The van der Waals surface area contributed by atoms with E-state index >= 15 is 0 Å². The Hall–Kier alpha value is -1.20. The van der Waals surface area contributed by atoms with E-state index in [-0.39, 0.29) is 5.91 Å². The van der Waals surface area contributed by atoms with Crippen LogP contribution < -0.4 is 15.8 Å². The molecule has 0 unspecified atom stereocenters. The number of nitrogens with two attached hydrogens (primary N) is 1. The molecule has 1 atom stereocenters. The molecule has 1 aromatic carbocycles. The molecule has 0 aliphatic heterocycles. The van der Waals surface area contributed by atoms with Crippen molar-refractivity contribution in [1.29, 1.82) is 0 Å². The zero-order valence-corrected chi connectivity index (χ0v) is 15.5. The molecule has 0 aliphatic rings. The van der Waals surface area contributed by atoms with Crippen LogP contribution in [0.2, 0.25) is 0 Å². The molecule has 0 radical (unpaired) electrons. The lowest BCUT2D eigenvalue weighted by molar-refractivity contribution is -0.122. The first kappa shape index (κ1) is 19.8. The van der Waals surface area contributed by atoms with Crippen molar-refractivity contribution in [2.45, 2.75) is 46.2 Å². The van der Waals surface area contributed by atoms with E-state index in [9.17, 15) is 4.79 Å². The van der Waals surface area contributed by atoms with Crippen LogP contribution in [0.3, 0.4) is 0 Å². The Bertz CT molecular complexity index is 492. The van der Waals surface area contributed by atoms with Gasteiger partial charge in [-0.05, 0) is 49.3 Å². The van der Waals surface area contributed by atoms with Crippen LogP contribution in [-0.4, -0.2) is 30.6 Å². The summed E-state index contributed by atoms with van der Waals surface area (Å²) in [6.45, 7) is 7.53. The van der Waals surface area contributed by atoms with Crippen molar-refractivity contribution in [3.63, 3.8) is 0 Å². The van der Waals surface area contributed by atoms with Gasteiger partial charge in [0.1, 0.15) is 5.75 Å². The van der Waals surface area contributed by atoms with E-state index in [0.29, 0.717) is 25.5 Å². The zero-order chi connectivity index (χ0) is 17.2. The highest BCUT2D eigenvalue weighted by Crippen LogP contribution is 2.21. The van der Waals surface area contributed by atoms with Gasteiger partial charge in [-0.25, -0.2) is 0 Å². The van der Waals surface area contributed by atoms with E-state index in [1.165, 1.54) is 0 Å². The lowest BCUT2D eigenvalue weighted by Gasteiger charge is -2.15. The maximum absolute atomic E-state index is 12.0. The summed E-state index contributed by atoms with van der Waals surface area (Å²) >= 11 is 1.70. The van der Waals surface area contributed by atoms with Crippen molar-refractivity contribution < 1.29 is 9.53 Å². The van der Waals surface area contributed by atoms with Gasteiger partial charge in [-0.15, -0.1) is 0 Å². The van der Waals surface area contributed by atoms with Gasteiger partial charge in [-0.3, -0.25) is 4.79 Å². The van der Waals surface area contributed by atoms with Crippen molar-refractivity contribution in [3.05, 3.63) is 29.3 Å². The van der Waals surface area contributed by atoms with Crippen molar-refractivity contribution >= 4 is 17.7 Å². The average molecular weight is 339 g/mol. The van der Waals surface area contributed by atoms with Crippen molar-refractivity contribution in [2.24, 2.45) is 11.7 Å². The van der Waals surface area contributed by atoms with Gasteiger partial charge in [-0.1, -0.05) is 26.0 Å². The van der Waals surface area contributed by atoms with E-state index in [0.717, 1.165) is 29.1 Å². The number of carbonyl (C=O) groups is 1. The van der Waals surface area contributed by atoms with E-state index < -0.39 is 6.04 Å². The smallest absolute Gasteiger partial charge is 0.237 e. The predicted octanol–water partition coefficient (Wildman–Crippen LogP) is 3.12. The number of amides is 1. The highest BCUT2D eigenvalue weighted by Gasteiger charge is 2.13. The lowest BCUT2D eigenvalue weighted by atomic mass is 10.1. The molecular weight excluding hydrogens is 308 g/mol. The van der Waals surface area contributed by atoms with Crippen LogP contribution in [0.1, 0.15) is 37.8 Å². The fourth-order valence-corrected chi connectivity index (χ4v) is 2.53. The van der Waals surface area contributed by atoms with Gasteiger partial charge >= 0.3 is 0 Å². The van der Waals surface area contributed by atoms with E-state index in [4.69, 9.17) is 10.5 Å². The van der Waals surface area contributed by atoms with Gasteiger partial charge in [-0.2, -0.15) is 11.8 Å². The summed E-state index contributed by atoms with van der Waals surface area (Å²) < 4.78 is 5.90.